The standard InChI is InChI=1S/C11H14N2O2/c12-10(14)7-9(11(13)15)6-8-4-2-1-3-5-8/h1-5,9H,6-7H2,(H2,12,14)(H2,13,15). The van der Waals surface area contributed by atoms with Crippen molar-refractivity contribution in [2.45, 2.75) is 12.8 Å². The van der Waals surface area contributed by atoms with Crippen LogP contribution in [-0.4, -0.2) is 11.8 Å². The van der Waals surface area contributed by atoms with Crippen LogP contribution in [0.1, 0.15) is 12.0 Å². The Hall–Kier alpha value is -1.84. The highest BCUT2D eigenvalue weighted by Gasteiger charge is 2.18. The summed E-state index contributed by atoms with van der Waals surface area (Å²) >= 11 is 0. The molecule has 0 aromatic heterocycles. The normalized spacial score (nSPS) is 12.0. The number of benzene rings is 1. The molecule has 4 heteroatoms. The third-order valence-corrected chi connectivity index (χ3v) is 2.17. The van der Waals surface area contributed by atoms with E-state index in [2.05, 4.69) is 0 Å². The average Bonchev–Trinajstić information content (AvgIpc) is 2.17. The van der Waals surface area contributed by atoms with Gasteiger partial charge >= 0.3 is 0 Å². The van der Waals surface area contributed by atoms with Crippen molar-refractivity contribution in [1.82, 2.24) is 0 Å². The minimum Gasteiger partial charge on any atom is -0.370 e. The van der Waals surface area contributed by atoms with E-state index in [1.165, 1.54) is 0 Å². The number of nitrogens with two attached hydrogens (primary N) is 2. The van der Waals surface area contributed by atoms with Crippen LogP contribution in [0.15, 0.2) is 30.3 Å². The number of primary amides is 2. The molecule has 1 aromatic carbocycles. The average molecular weight is 206 g/mol. The van der Waals surface area contributed by atoms with Crippen molar-refractivity contribution in [3.8, 4) is 0 Å². The Morgan fingerprint density at radius 3 is 2.20 bits per heavy atom. The first-order valence-electron chi connectivity index (χ1n) is 4.71. The van der Waals surface area contributed by atoms with Gasteiger partial charge in [0.1, 0.15) is 0 Å². The lowest BCUT2D eigenvalue weighted by atomic mass is 9.95. The molecule has 0 aliphatic heterocycles. The van der Waals surface area contributed by atoms with Gasteiger partial charge in [-0.3, -0.25) is 9.59 Å². The van der Waals surface area contributed by atoms with Gasteiger partial charge in [0, 0.05) is 6.42 Å². The van der Waals surface area contributed by atoms with Crippen molar-refractivity contribution >= 4 is 11.8 Å². The minimum atomic E-state index is -0.509. The van der Waals surface area contributed by atoms with Crippen LogP contribution < -0.4 is 11.5 Å². The molecular formula is C11H14N2O2. The maximum Gasteiger partial charge on any atom is 0.221 e. The van der Waals surface area contributed by atoms with Crippen LogP contribution in [0.5, 0.6) is 0 Å². The van der Waals surface area contributed by atoms with E-state index in [-0.39, 0.29) is 6.42 Å². The Morgan fingerprint density at radius 1 is 1.13 bits per heavy atom. The Kier molecular flexibility index (Phi) is 3.85. The number of carbonyl (C=O) groups is 2. The first kappa shape index (κ1) is 11.2. The molecule has 1 rings (SSSR count). The fraction of sp³-hybridized carbons (Fsp3) is 0.273. The molecule has 0 bridgehead atoms. The molecule has 0 radical (unpaired) electrons. The monoisotopic (exact) mass is 206 g/mol. The van der Waals surface area contributed by atoms with E-state index in [1.54, 1.807) is 0 Å². The lowest BCUT2D eigenvalue weighted by molar-refractivity contribution is -0.126. The Balaban J connectivity index is 2.67. The Morgan fingerprint density at radius 2 is 1.73 bits per heavy atom. The molecule has 0 aliphatic carbocycles. The van der Waals surface area contributed by atoms with Gasteiger partial charge in [-0.25, -0.2) is 0 Å². The van der Waals surface area contributed by atoms with Crippen molar-refractivity contribution in [2.75, 3.05) is 0 Å². The number of hydrogen-bond acceptors (Lipinski definition) is 2. The molecule has 15 heavy (non-hydrogen) atoms. The molecule has 80 valence electrons. The van der Waals surface area contributed by atoms with E-state index in [0.717, 1.165) is 5.56 Å². The molecule has 1 unspecified atom stereocenters. The topological polar surface area (TPSA) is 86.2 Å². The van der Waals surface area contributed by atoms with Crippen molar-refractivity contribution in [3.05, 3.63) is 35.9 Å². The largest absolute Gasteiger partial charge is 0.370 e. The van der Waals surface area contributed by atoms with Crippen LogP contribution in [-0.2, 0) is 16.0 Å². The van der Waals surface area contributed by atoms with Crippen LogP contribution >= 0.6 is 0 Å². The van der Waals surface area contributed by atoms with Gasteiger partial charge in [-0.15, -0.1) is 0 Å². The van der Waals surface area contributed by atoms with Crippen molar-refractivity contribution in [2.24, 2.45) is 17.4 Å². The lowest BCUT2D eigenvalue weighted by Crippen LogP contribution is -2.29. The summed E-state index contributed by atoms with van der Waals surface area (Å²) in [6.07, 6.45) is 0.462. The summed E-state index contributed by atoms with van der Waals surface area (Å²) in [5, 5.41) is 0. The highest BCUT2D eigenvalue weighted by Crippen LogP contribution is 2.11. The molecule has 2 amide bonds. The zero-order valence-corrected chi connectivity index (χ0v) is 8.35. The summed E-state index contributed by atoms with van der Waals surface area (Å²) < 4.78 is 0. The van der Waals surface area contributed by atoms with Gasteiger partial charge in [-0.2, -0.15) is 0 Å². The summed E-state index contributed by atoms with van der Waals surface area (Å²) in [5.41, 5.74) is 11.2. The zero-order valence-electron chi connectivity index (χ0n) is 8.35. The first-order chi connectivity index (χ1) is 7.09. The molecule has 4 nitrogen and oxygen atoms in total. The summed E-state index contributed by atoms with van der Waals surface area (Å²) in [5.74, 6) is -1.50. The van der Waals surface area contributed by atoms with Crippen molar-refractivity contribution in [1.29, 1.82) is 0 Å². The molecule has 0 heterocycles. The molecule has 4 N–H and O–H groups in total. The quantitative estimate of drug-likeness (QED) is 0.721. The van der Waals surface area contributed by atoms with E-state index in [9.17, 15) is 9.59 Å². The fourth-order valence-electron chi connectivity index (χ4n) is 1.41. The maximum absolute atomic E-state index is 11.1. The zero-order chi connectivity index (χ0) is 11.3. The van der Waals surface area contributed by atoms with Gasteiger partial charge in [-0.05, 0) is 12.0 Å². The smallest absolute Gasteiger partial charge is 0.221 e. The molecule has 0 saturated heterocycles. The molecule has 0 aliphatic rings. The minimum absolute atomic E-state index is 0.00419. The second-order valence-electron chi connectivity index (χ2n) is 3.46. The number of amides is 2. The molecule has 0 saturated carbocycles. The summed E-state index contributed by atoms with van der Waals surface area (Å²) in [6.45, 7) is 0. The summed E-state index contributed by atoms with van der Waals surface area (Å²) in [4.78, 5) is 21.8. The predicted octanol–water partition coefficient (Wildman–Crippen LogP) is 0.206. The van der Waals surface area contributed by atoms with Gasteiger partial charge in [0.15, 0.2) is 0 Å². The SMILES string of the molecule is NC(=O)CC(Cc1ccccc1)C(N)=O. The first-order valence-corrected chi connectivity index (χ1v) is 4.71. The molecular weight excluding hydrogens is 192 g/mol. The van der Waals surface area contributed by atoms with E-state index >= 15 is 0 Å². The highest BCUT2D eigenvalue weighted by atomic mass is 16.2. The van der Waals surface area contributed by atoms with Crippen molar-refractivity contribution < 1.29 is 9.59 Å². The van der Waals surface area contributed by atoms with E-state index in [4.69, 9.17) is 11.5 Å². The molecule has 1 aromatic rings. The van der Waals surface area contributed by atoms with Crippen LogP contribution in [0, 0.1) is 5.92 Å². The van der Waals surface area contributed by atoms with Crippen LogP contribution in [0.4, 0.5) is 0 Å². The van der Waals surface area contributed by atoms with E-state index in [1.807, 2.05) is 30.3 Å². The number of carbonyl (C=O) groups excluding carboxylic acids is 2. The third-order valence-electron chi connectivity index (χ3n) is 2.17. The van der Waals surface area contributed by atoms with Crippen LogP contribution in [0.25, 0.3) is 0 Å². The van der Waals surface area contributed by atoms with E-state index in [0.29, 0.717) is 6.42 Å². The number of hydrogen-bond donors (Lipinski definition) is 2. The maximum atomic E-state index is 11.1. The second-order valence-corrected chi connectivity index (χ2v) is 3.46. The van der Waals surface area contributed by atoms with Crippen molar-refractivity contribution in [3.63, 3.8) is 0 Å². The van der Waals surface area contributed by atoms with Gasteiger partial charge in [0.25, 0.3) is 0 Å². The van der Waals surface area contributed by atoms with Gasteiger partial charge in [0.2, 0.25) is 11.8 Å². The molecule has 0 spiro atoms. The Bertz CT molecular complexity index is 349. The highest BCUT2D eigenvalue weighted by molar-refractivity contribution is 5.84. The van der Waals surface area contributed by atoms with Crippen LogP contribution in [0.2, 0.25) is 0 Å². The summed E-state index contributed by atoms with van der Waals surface area (Å²) in [6, 6.07) is 9.40. The molecule has 0 fully saturated rings. The van der Waals surface area contributed by atoms with Gasteiger partial charge in [-0.1, -0.05) is 30.3 Å². The van der Waals surface area contributed by atoms with Crippen LogP contribution in [0.3, 0.4) is 0 Å². The fourth-order valence-corrected chi connectivity index (χ4v) is 1.41. The Labute approximate surface area is 88.3 Å². The summed E-state index contributed by atoms with van der Waals surface area (Å²) in [7, 11) is 0. The van der Waals surface area contributed by atoms with Gasteiger partial charge < -0.3 is 11.5 Å². The molecule has 1 atom stereocenters. The van der Waals surface area contributed by atoms with Gasteiger partial charge in [0.05, 0.1) is 5.92 Å². The lowest BCUT2D eigenvalue weighted by Gasteiger charge is -2.10. The predicted molar refractivity (Wildman–Crippen MR) is 56.6 cm³/mol. The second kappa shape index (κ2) is 5.14. The third kappa shape index (κ3) is 3.81. The number of rotatable bonds is 5. The van der Waals surface area contributed by atoms with E-state index < -0.39 is 17.7 Å².